The number of benzene rings is 2. The molecule has 3 amide bonds. The molecule has 9 heteroatoms. The van der Waals surface area contributed by atoms with Gasteiger partial charge in [-0.2, -0.15) is 0 Å². The molecular weight excluding hydrogens is 490 g/mol. The molecule has 0 saturated carbocycles. The maximum absolute atomic E-state index is 13.7. The number of cyclic esters (lactones) is 1. The van der Waals surface area contributed by atoms with Crippen molar-refractivity contribution in [3.63, 3.8) is 0 Å². The van der Waals surface area contributed by atoms with Crippen LogP contribution in [0.2, 0.25) is 0 Å². The average molecular weight is 519 g/mol. The summed E-state index contributed by atoms with van der Waals surface area (Å²) < 4.78 is 32.0. The molecule has 1 aliphatic carbocycles. The van der Waals surface area contributed by atoms with Crippen LogP contribution in [0.5, 0.6) is 0 Å². The van der Waals surface area contributed by atoms with Gasteiger partial charge in [0, 0.05) is 23.7 Å². The van der Waals surface area contributed by atoms with Gasteiger partial charge in [-0.1, -0.05) is 36.4 Å². The van der Waals surface area contributed by atoms with Crippen molar-refractivity contribution in [2.45, 2.75) is 30.7 Å². The number of carbonyl (C=O) groups excluding carboxylic acids is 2. The minimum absolute atomic E-state index is 0.00411. The van der Waals surface area contributed by atoms with E-state index in [1.165, 1.54) is 22.8 Å². The number of pyridine rings is 1. The highest BCUT2D eigenvalue weighted by Gasteiger charge is 2.45. The van der Waals surface area contributed by atoms with Crippen LogP contribution in [0.15, 0.2) is 60.8 Å². The van der Waals surface area contributed by atoms with Crippen LogP contribution in [-0.2, 0) is 10.2 Å². The molecule has 0 bridgehead atoms. The Morgan fingerprint density at radius 2 is 1.84 bits per heavy atom. The SMILES string of the molecule is O=C(NCCCN1CCC2(CC1)c1ccccc1-c1ncccc12)N1C(=O)OC[C@@H]1c1ccc(F)c(F)c1. The largest absolute Gasteiger partial charge is 0.446 e. The highest BCUT2D eigenvalue weighted by Crippen LogP contribution is 2.52. The second-order valence-corrected chi connectivity index (χ2v) is 10.1. The number of imide groups is 1. The van der Waals surface area contributed by atoms with Gasteiger partial charge in [-0.3, -0.25) is 4.98 Å². The molecule has 3 aliphatic rings. The van der Waals surface area contributed by atoms with E-state index >= 15 is 0 Å². The highest BCUT2D eigenvalue weighted by molar-refractivity contribution is 5.92. The summed E-state index contributed by atoms with van der Waals surface area (Å²) in [6.45, 7) is 2.97. The number of ether oxygens (including phenoxy) is 1. The summed E-state index contributed by atoms with van der Waals surface area (Å²) >= 11 is 0. The zero-order chi connectivity index (χ0) is 26.3. The van der Waals surface area contributed by atoms with Gasteiger partial charge in [-0.05, 0) is 73.8 Å². The first kappa shape index (κ1) is 24.5. The number of nitrogens with one attached hydrogen (secondary N) is 1. The summed E-state index contributed by atoms with van der Waals surface area (Å²) in [5.41, 5.74) is 5.32. The van der Waals surface area contributed by atoms with Gasteiger partial charge in [0.05, 0.1) is 5.69 Å². The molecule has 6 rings (SSSR count). The number of carbonyl (C=O) groups is 2. The molecule has 38 heavy (non-hydrogen) atoms. The van der Waals surface area contributed by atoms with Crippen molar-refractivity contribution in [2.24, 2.45) is 0 Å². The molecule has 2 saturated heterocycles. The van der Waals surface area contributed by atoms with Crippen LogP contribution < -0.4 is 5.32 Å². The Hall–Kier alpha value is -3.85. The first-order valence-electron chi connectivity index (χ1n) is 12.9. The van der Waals surface area contributed by atoms with E-state index in [-0.39, 0.29) is 12.0 Å². The van der Waals surface area contributed by atoms with Crippen LogP contribution in [0.4, 0.5) is 18.4 Å². The summed E-state index contributed by atoms with van der Waals surface area (Å²) in [5.74, 6) is -2.02. The Morgan fingerprint density at radius 1 is 1.05 bits per heavy atom. The lowest BCUT2D eigenvalue weighted by atomic mass is 9.71. The zero-order valence-corrected chi connectivity index (χ0v) is 20.8. The Labute approximate surface area is 219 Å². The van der Waals surface area contributed by atoms with Gasteiger partial charge < -0.3 is 15.0 Å². The van der Waals surface area contributed by atoms with Crippen LogP contribution in [0.25, 0.3) is 11.3 Å². The lowest BCUT2D eigenvalue weighted by molar-refractivity contribution is 0.157. The number of urea groups is 1. The smallest absolute Gasteiger partial charge is 0.418 e. The van der Waals surface area contributed by atoms with Gasteiger partial charge in [0.2, 0.25) is 0 Å². The predicted octanol–water partition coefficient (Wildman–Crippen LogP) is 5.02. The quantitative estimate of drug-likeness (QED) is 0.481. The zero-order valence-electron chi connectivity index (χ0n) is 20.8. The van der Waals surface area contributed by atoms with E-state index in [1.807, 2.05) is 12.3 Å². The van der Waals surface area contributed by atoms with Crippen LogP contribution in [0.3, 0.4) is 0 Å². The van der Waals surface area contributed by atoms with Crippen molar-refractivity contribution in [3.8, 4) is 11.3 Å². The lowest BCUT2D eigenvalue weighted by Gasteiger charge is -2.40. The number of likely N-dealkylation sites (tertiary alicyclic amines) is 1. The van der Waals surface area contributed by atoms with Crippen molar-refractivity contribution in [1.29, 1.82) is 0 Å². The molecule has 3 heterocycles. The van der Waals surface area contributed by atoms with Crippen molar-refractivity contribution >= 4 is 12.1 Å². The number of nitrogens with zero attached hydrogens (tertiary/aromatic N) is 3. The molecule has 1 aromatic heterocycles. The number of piperidine rings is 1. The number of halogens is 2. The summed E-state index contributed by atoms with van der Waals surface area (Å²) in [7, 11) is 0. The molecule has 196 valence electrons. The highest BCUT2D eigenvalue weighted by atomic mass is 19.2. The minimum Gasteiger partial charge on any atom is -0.446 e. The van der Waals surface area contributed by atoms with Crippen molar-refractivity contribution in [2.75, 3.05) is 32.8 Å². The molecule has 3 aromatic rings. The molecule has 2 aliphatic heterocycles. The standard InChI is InChI=1S/C29H28F2N4O3/c30-23-9-8-19(17-24(23)31)25-18-38-28(37)35(25)27(36)33-13-4-14-34-15-10-29(11-16-34)21-6-2-1-5-20(21)26-22(29)7-3-12-32-26/h1-3,5-9,12,17,25H,4,10-11,13-16,18H2,(H,33,36)/t25-/m1/s1. The topological polar surface area (TPSA) is 74.8 Å². The van der Waals surface area contributed by atoms with Crippen molar-refractivity contribution < 1.29 is 23.1 Å². The number of aromatic nitrogens is 1. The third kappa shape index (κ3) is 4.11. The van der Waals surface area contributed by atoms with Crippen molar-refractivity contribution in [1.82, 2.24) is 20.1 Å². The van der Waals surface area contributed by atoms with Gasteiger partial charge in [0.15, 0.2) is 11.6 Å². The van der Waals surface area contributed by atoms with E-state index in [1.54, 1.807) is 0 Å². The Balaban J connectivity index is 1.03. The van der Waals surface area contributed by atoms with E-state index < -0.39 is 29.8 Å². The second-order valence-electron chi connectivity index (χ2n) is 10.1. The second kappa shape index (κ2) is 9.79. The Morgan fingerprint density at radius 3 is 2.66 bits per heavy atom. The predicted molar refractivity (Wildman–Crippen MR) is 136 cm³/mol. The fraction of sp³-hybridized carbons (Fsp3) is 0.345. The van der Waals surface area contributed by atoms with Gasteiger partial charge >= 0.3 is 12.1 Å². The van der Waals surface area contributed by atoms with E-state index in [2.05, 4.69) is 40.5 Å². The Kier molecular flexibility index (Phi) is 6.31. The van der Waals surface area contributed by atoms with Crippen LogP contribution >= 0.6 is 0 Å². The normalized spacial score (nSPS) is 19.8. The fourth-order valence-electron chi connectivity index (χ4n) is 6.15. The summed E-state index contributed by atoms with van der Waals surface area (Å²) in [6.07, 6.45) is 3.78. The number of fused-ring (bicyclic) bond motifs is 5. The van der Waals surface area contributed by atoms with Crippen molar-refractivity contribution in [3.05, 3.63) is 89.1 Å². The minimum atomic E-state index is -1.04. The first-order valence-corrected chi connectivity index (χ1v) is 12.9. The number of hydrogen-bond donors (Lipinski definition) is 1. The summed E-state index contributed by atoms with van der Waals surface area (Å²) in [6, 6.07) is 14.7. The van der Waals surface area contributed by atoms with Gasteiger partial charge in [-0.15, -0.1) is 0 Å². The monoisotopic (exact) mass is 518 g/mol. The molecule has 0 radical (unpaired) electrons. The number of amides is 3. The summed E-state index contributed by atoms with van der Waals surface area (Å²) in [5, 5.41) is 2.78. The number of hydrogen-bond acceptors (Lipinski definition) is 5. The van der Waals surface area contributed by atoms with E-state index in [0.29, 0.717) is 18.5 Å². The van der Waals surface area contributed by atoms with Gasteiger partial charge in [0.25, 0.3) is 0 Å². The maximum Gasteiger partial charge on any atom is 0.418 e. The molecule has 0 unspecified atom stereocenters. The molecule has 2 aromatic carbocycles. The lowest BCUT2D eigenvalue weighted by Crippen LogP contribution is -2.44. The van der Waals surface area contributed by atoms with Crippen LogP contribution in [-0.4, -0.2) is 59.7 Å². The molecular formula is C29H28F2N4O3. The summed E-state index contributed by atoms with van der Waals surface area (Å²) in [4.78, 5) is 33.0. The molecule has 1 atom stereocenters. The van der Waals surface area contributed by atoms with E-state index in [4.69, 9.17) is 9.72 Å². The first-order chi connectivity index (χ1) is 18.5. The number of rotatable bonds is 5. The Bertz CT molecular complexity index is 1340. The molecule has 2 fully saturated rings. The average Bonchev–Trinajstić information content (AvgIpc) is 3.46. The molecule has 7 nitrogen and oxygen atoms in total. The third-order valence-electron chi connectivity index (χ3n) is 8.08. The maximum atomic E-state index is 13.7. The van der Waals surface area contributed by atoms with Gasteiger partial charge in [0.1, 0.15) is 12.6 Å². The fourth-order valence-corrected chi connectivity index (χ4v) is 6.15. The molecule has 1 spiro atoms. The van der Waals surface area contributed by atoms with Gasteiger partial charge in [-0.25, -0.2) is 23.3 Å². The van der Waals surface area contributed by atoms with E-state index in [9.17, 15) is 18.4 Å². The molecule has 1 N–H and O–H groups in total. The van der Waals surface area contributed by atoms with Crippen LogP contribution in [0, 0.1) is 11.6 Å². The van der Waals surface area contributed by atoms with Crippen LogP contribution in [0.1, 0.15) is 42.0 Å². The third-order valence-corrected chi connectivity index (χ3v) is 8.08. The van der Waals surface area contributed by atoms with E-state index in [0.717, 1.165) is 55.2 Å².